The van der Waals surface area contributed by atoms with Gasteiger partial charge < -0.3 is 14.5 Å². The first-order valence-corrected chi connectivity index (χ1v) is 7.80. The van der Waals surface area contributed by atoms with E-state index in [-0.39, 0.29) is 12.0 Å². The fourth-order valence-electron chi connectivity index (χ4n) is 2.70. The van der Waals surface area contributed by atoms with Gasteiger partial charge in [-0.2, -0.15) is 0 Å². The van der Waals surface area contributed by atoms with Crippen LogP contribution in [0.15, 0.2) is 22.8 Å². The first-order chi connectivity index (χ1) is 9.74. The van der Waals surface area contributed by atoms with Crippen molar-refractivity contribution in [3.05, 3.63) is 22.8 Å². The van der Waals surface area contributed by atoms with Crippen LogP contribution in [0, 0.1) is 0 Å². The highest BCUT2D eigenvalue weighted by Gasteiger charge is 2.30. The summed E-state index contributed by atoms with van der Waals surface area (Å²) in [7, 11) is 0. The van der Waals surface area contributed by atoms with E-state index in [9.17, 15) is 4.79 Å². The number of hydrogen-bond donors (Lipinski definition) is 0. The molecule has 108 valence electrons. The van der Waals surface area contributed by atoms with Crippen molar-refractivity contribution in [3.8, 4) is 0 Å². The third-order valence-corrected chi connectivity index (χ3v) is 4.32. The summed E-state index contributed by atoms with van der Waals surface area (Å²) in [6.07, 6.45) is 3.46. The van der Waals surface area contributed by atoms with Crippen molar-refractivity contribution < 1.29 is 9.53 Å². The van der Waals surface area contributed by atoms with E-state index in [1.807, 2.05) is 17.0 Å². The number of halogens is 1. The molecule has 0 bridgehead atoms. The average molecular weight is 340 g/mol. The summed E-state index contributed by atoms with van der Waals surface area (Å²) in [5, 5.41) is 0. The van der Waals surface area contributed by atoms with Gasteiger partial charge in [0.1, 0.15) is 11.9 Å². The molecule has 3 rings (SSSR count). The van der Waals surface area contributed by atoms with E-state index in [4.69, 9.17) is 4.74 Å². The van der Waals surface area contributed by atoms with Gasteiger partial charge >= 0.3 is 0 Å². The Morgan fingerprint density at radius 1 is 1.35 bits per heavy atom. The zero-order chi connectivity index (χ0) is 13.9. The molecule has 1 atom stereocenters. The minimum absolute atomic E-state index is 0.157. The average Bonchev–Trinajstić information content (AvgIpc) is 3.01. The van der Waals surface area contributed by atoms with Gasteiger partial charge in [0, 0.05) is 43.5 Å². The molecule has 2 fully saturated rings. The van der Waals surface area contributed by atoms with E-state index >= 15 is 0 Å². The zero-order valence-corrected chi connectivity index (χ0v) is 12.9. The number of carbonyl (C=O) groups excluding carboxylic acids is 1. The lowest BCUT2D eigenvalue weighted by Gasteiger charge is -2.36. The normalized spacial score (nSPS) is 23.1. The molecule has 6 heteroatoms. The molecule has 0 aromatic carbocycles. The Labute approximate surface area is 127 Å². The van der Waals surface area contributed by atoms with Crippen LogP contribution in [0.3, 0.4) is 0 Å². The second kappa shape index (κ2) is 6.10. The maximum Gasteiger partial charge on any atom is 0.251 e. The Morgan fingerprint density at radius 2 is 2.15 bits per heavy atom. The summed E-state index contributed by atoms with van der Waals surface area (Å²) in [6, 6.07) is 3.93. The van der Waals surface area contributed by atoms with Gasteiger partial charge in [0.15, 0.2) is 0 Å². The summed E-state index contributed by atoms with van der Waals surface area (Å²) < 4.78 is 6.50. The number of aromatic nitrogens is 1. The smallest absolute Gasteiger partial charge is 0.251 e. The Balaban J connectivity index is 1.58. The van der Waals surface area contributed by atoms with Crippen molar-refractivity contribution >= 4 is 27.7 Å². The van der Waals surface area contributed by atoms with Crippen LogP contribution < -0.4 is 4.90 Å². The molecule has 0 saturated carbocycles. The standard InChI is InChI=1S/C14H18BrN3O2/c15-11-3-4-16-13(10-11)17-5-7-18(8-6-17)14(19)12-2-1-9-20-12/h3-4,10,12H,1-2,5-9H2. The van der Waals surface area contributed by atoms with E-state index in [1.165, 1.54) is 0 Å². The summed E-state index contributed by atoms with van der Waals surface area (Å²) in [5.74, 6) is 1.12. The molecule has 20 heavy (non-hydrogen) atoms. The highest BCUT2D eigenvalue weighted by molar-refractivity contribution is 9.10. The van der Waals surface area contributed by atoms with Crippen LogP contribution in [0.1, 0.15) is 12.8 Å². The Kier molecular flexibility index (Phi) is 4.21. The van der Waals surface area contributed by atoms with Crippen LogP contribution in [0.25, 0.3) is 0 Å². The first-order valence-electron chi connectivity index (χ1n) is 7.01. The fraction of sp³-hybridized carbons (Fsp3) is 0.571. The number of hydrogen-bond acceptors (Lipinski definition) is 4. The molecule has 5 nitrogen and oxygen atoms in total. The second-order valence-electron chi connectivity index (χ2n) is 5.15. The monoisotopic (exact) mass is 339 g/mol. The highest BCUT2D eigenvalue weighted by atomic mass is 79.9. The topological polar surface area (TPSA) is 45.7 Å². The van der Waals surface area contributed by atoms with Crippen molar-refractivity contribution in [3.63, 3.8) is 0 Å². The lowest BCUT2D eigenvalue weighted by atomic mass is 10.2. The Morgan fingerprint density at radius 3 is 2.80 bits per heavy atom. The number of pyridine rings is 1. The molecule has 2 aliphatic heterocycles. The number of ether oxygens (including phenoxy) is 1. The van der Waals surface area contributed by atoms with E-state index < -0.39 is 0 Å². The third-order valence-electron chi connectivity index (χ3n) is 3.83. The fourth-order valence-corrected chi connectivity index (χ4v) is 3.02. The van der Waals surface area contributed by atoms with Crippen LogP contribution in [-0.2, 0) is 9.53 Å². The van der Waals surface area contributed by atoms with E-state index in [1.54, 1.807) is 6.20 Å². The zero-order valence-electron chi connectivity index (χ0n) is 11.3. The number of anilines is 1. The van der Waals surface area contributed by atoms with Crippen molar-refractivity contribution in [2.45, 2.75) is 18.9 Å². The van der Waals surface area contributed by atoms with Gasteiger partial charge in [-0.05, 0) is 25.0 Å². The van der Waals surface area contributed by atoms with Crippen LogP contribution in [0.4, 0.5) is 5.82 Å². The molecule has 0 radical (unpaired) electrons. The van der Waals surface area contributed by atoms with E-state index in [0.717, 1.165) is 55.9 Å². The molecule has 0 aliphatic carbocycles. The van der Waals surface area contributed by atoms with Gasteiger partial charge in [-0.3, -0.25) is 4.79 Å². The van der Waals surface area contributed by atoms with Crippen molar-refractivity contribution in [1.82, 2.24) is 9.88 Å². The SMILES string of the molecule is O=C(C1CCCO1)N1CCN(c2cc(Br)ccn2)CC1. The lowest BCUT2D eigenvalue weighted by molar-refractivity contribution is -0.141. The molecule has 1 aromatic rings. The Hall–Kier alpha value is -1.14. The van der Waals surface area contributed by atoms with E-state index in [0.29, 0.717) is 0 Å². The summed E-state index contributed by atoms with van der Waals surface area (Å²) >= 11 is 3.46. The molecule has 2 aliphatic rings. The minimum Gasteiger partial charge on any atom is -0.368 e. The number of carbonyl (C=O) groups is 1. The molecular formula is C14H18BrN3O2. The summed E-state index contributed by atoms with van der Waals surface area (Å²) in [6.45, 7) is 3.85. The Bertz CT molecular complexity index is 483. The van der Waals surface area contributed by atoms with Gasteiger partial charge in [0.2, 0.25) is 0 Å². The summed E-state index contributed by atoms with van der Waals surface area (Å²) in [5.41, 5.74) is 0. The van der Waals surface area contributed by atoms with Crippen molar-refractivity contribution in [2.24, 2.45) is 0 Å². The van der Waals surface area contributed by atoms with E-state index in [2.05, 4.69) is 25.8 Å². The maximum atomic E-state index is 12.3. The predicted molar refractivity (Wildman–Crippen MR) is 79.7 cm³/mol. The van der Waals surface area contributed by atoms with Crippen LogP contribution in [-0.4, -0.2) is 54.7 Å². The molecule has 1 amide bonds. The number of piperazine rings is 1. The molecule has 0 spiro atoms. The number of rotatable bonds is 2. The number of amides is 1. The van der Waals surface area contributed by atoms with Gasteiger partial charge in [-0.25, -0.2) is 4.98 Å². The van der Waals surface area contributed by atoms with Gasteiger partial charge in [-0.15, -0.1) is 0 Å². The van der Waals surface area contributed by atoms with Gasteiger partial charge in [-0.1, -0.05) is 15.9 Å². The molecule has 1 unspecified atom stereocenters. The van der Waals surface area contributed by atoms with Gasteiger partial charge in [0.25, 0.3) is 5.91 Å². The largest absolute Gasteiger partial charge is 0.368 e. The van der Waals surface area contributed by atoms with Crippen molar-refractivity contribution in [2.75, 3.05) is 37.7 Å². The maximum absolute atomic E-state index is 12.3. The quantitative estimate of drug-likeness (QED) is 0.822. The van der Waals surface area contributed by atoms with Crippen molar-refractivity contribution in [1.29, 1.82) is 0 Å². The highest BCUT2D eigenvalue weighted by Crippen LogP contribution is 2.20. The summed E-state index contributed by atoms with van der Waals surface area (Å²) in [4.78, 5) is 20.8. The third kappa shape index (κ3) is 2.96. The molecule has 2 saturated heterocycles. The van der Waals surface area contributed by atoms with Crippen LogP contribution in [0.2, 0.25) is 0 Å². The number of nitrogens with zero attached hydrogens (tertiary/aromatic N) is 3. The second-order valence-corrected chi connectivity index (χ2v) is 6.06. The predicted octanol–water partition coefficient (Wildman–Crippen LogP) is 1.67. The molecule has 1 aromatic heterocycles. The molecular weight excluding hydrogens is 322 g/mol. The molecule has 0 N–H and O–H groups in total. The molecule has 3 heterocycles. The minimum atomic E-state index is -0.203. The lowest BCUT2D eigenvalue weighted by Crippen LogP contribution is -2.51. The first kappa shape index (κ1) is 13.8. The van der Waals surface area contributed by atoms with Crippen LogP contribution >= 0.6 is 15.9 Å². The van der Waals surface area contributed by atoms with Gasteiger partial charge in [0.05, 0.1) is 0 Å². The van der Waals surface area contributed by atoms with Crippen LogP contribution in [0.5, 0.6) is 0 Å².